The van der Waals surface area contributed by atoms with Crippen molar-refractivity contribution in [1.82, 2.24) is 10.3 Å². The van der Waals surface area contributed by atoms with E-state index in [1.807, 2.05) is 16.8 Å². The molecule has 2 aromatic rings. The SMILES string of the molecule is COC(=O)c1sc(NC(=O)NCC(O)c2ccsc2)nc1C1CCCC1. The van der Waals surface area contributed by atoms with Gasteiger partial charge >= 0.3 is 12.0 Å². The summed E-state index contributed by atoms with van der Waals surface area (Å²) in [4.78, 5) is 29.0. The van der Waals surface area contributed by atoms with Crippen molar-refractivity contribution in [1.29, 1.82) is 0 Å². The quantitative estimate of drug-likeness (QED) is 0.650. The maximum absolute atomic E-state index is 12.1. The van der Waals surface area contributed by atoms with Gasteiger partial charge in [-0.2, -0.15) is 11.3 Å². The van der Waals surface area contributed by atoms with Crippen LogP contribution in [0.5, 0.6) is 0 Å². The average molecular weight is 396 g/mol. The molecule has 2 heterocycles. The molecule has 26 heavy (non-hydrogen) atoms. The summed E-state index contributed by atoms with van der Waals surface area (Å²) in [6, 6.07) is 1.34. The summed E-state index contributed by atoms with van der Waals surface area (Å²) in [6.45, 7) is 0.0906. The van der Waals surface area contributed by atoms with Gasteiger partial charge in [0, 0.05) is 12.5 Å². The highest BCUT2D eigenvalue weighted by atomic mass is 32.1. The minimum absolute atomic E-state index is 0.0906. The van der Waals surface area contributed by atoms with Gasteiger partial charge in [0.1, 0.15) is 4.88 Å². The zero-order valence-electron chi connectivity index (χ0n) is 14.4. The van der Waals surface area contributed by atoms with Crippen molar-refractivity contribution in [3.05, 3.63) is 33.0 Å². The molecule has 2 aromatic heterocycles. The molecule has 1 aliphatic carbocycles. The number of hydrogen-bond donors (Lipinski definition) is 3. The molecule has 1 unspecified atom stereocenters. The number of nitrogens with one attached hydrogen (secondary N) is 2. The molecule has 0 radical (unpaired) electrons. The number of rotatable bonds is 6. The van der Waals surface area contributed by atoms with Gasteiger partial charge in [0.2, 0.25) is 0 Å². The molecule has 1 atom stereocenters. The number of esters is 1. The standard InChI is InChI=1S/C17H21N3O4S2/c1-24-15(22)14-13(10-4-2-3-5-10)19-17(26-14)20-16(23)18-8-12(21)11-6-7-25-9-11/h6-7,9-10,12,21H,2-5,8H2,1H3,(H2,18,19,20,23). The van der Waals surface area contributed by atoms with E-state index in [0.29, 0.717) is 15.7 Å². The topological polar surface area (TPSA) is 101 Å². The lowest BCUT2D eigenvalue weighted by atomic mass is 10.0. The first-order chi connectivity index (χ1) is 12.6. The van der Waals surface area contributed by atoms with E-state index in [0.717, 1.165) is 42.6 Å². The molecule has 1 aliphatic rings. The first-order valence-electron chi connectivity index (χ1n) is 8.42. The number of anilines is 1. The van der Waals surface area contributed by atoms with Crippen LogP contribution in [0, 0.1) is 0 Å². The minimum Gasteiger partial charge on any atom is -0.465 e. The third-order valence-electron chi connectivity index (χ3n) is 4.37. The normalized spacial score (nSPS) is 15.6. The van der Waals surface area contributed by atoms with E-state index in [9.17, 15) is 14.7 Å². The molecule has 0 spiro atoms. The fraction of sp³-hybridized carbons (Fsp3) is 0.471. The summed E-state index contributed by atoms with van der Waals surface area (Å²) in [5, 5.41) is 19.3. The number of nitrogens with zero attached hydrogens (tertiary/aromatic N) is 1. The van der Waals surface area contributed by atoms with Crippen molar-refractivity contribution in [2.45, 2.75) is 37.7 Å². The Morgan fingerprint density at radius 1 is 1.42 bits per heavy atom. The van der Waals surface area contributed by atoms with E-state index in [1.165, 1.54) is 18.4 Å². The first kappa shape index (κ1) is 18.8. The fourth-order valence-electron chi connectivity index (χ4n) is 3.01. The Kier molecular flexibility index (Phi) is 6.23. The van der Waals surface area contributed by atoms with Crippen LogP contribution in [0.15, 0.2) is 16.8 Å². The van der Waals surface area contributed by atoms with Crippen molar-refractivity contribution in [2.75, 3.05) is 19.0 Å². The molecule has 0 bridgehead atoms. The van der Waals surface area contributed by atoms with Gasteiger partial charge in [0.15, 0.2) is 5.13 Å². The Bertz CT molecular complexity index is 754. The lowest BCUT2D eigenvalue weighted by molar-refractivity contribution is 0.0604. The lowest BCUT2D eigenvalue weighted by Crippen LogP contribution is -2.32. The first-order valence-corrected chi connectivity index (χ1v) is 10.2. The number of thiophene rings is 1. The van der Waals surface area contributed by atoms with E-state index < -0.39 is 18.1 Å². The van der Waals surface area contributed by atoms with Gasteiger partial charge in [0.25, 0.3) is 0 Å². The Hall–Kier alpha value is -1.97. The molecule has 3 N–H and O–H groups in total. The van der Waals surface area contributed by atoms with E-state index in [2.05, 4.69) is 15.6 Å². The van der Waals surface area contributed by atoms with Gasteiger partial charge < -0.3 is 15.2 Å². The van der Waals surface area contributed by atoms with E-state index >= 15 is 0 Å². The second-order valence-electron chi connectivity index (χ2n) is 6.11. The Morgan fingerprint density at radius 2 is 2.19 bits per heavy atom. The third-order valence-corrected chi connectivity index (χ3v) is 6.04. The van der Waals surface area contributed by atoms with Crippen LogP contribution in [0.25, 0.3) is 0 Å². The number of aromatic nitrogens is 1. The third kappa shape index (κ3) is 4.40. The number of urea groups is 1. The molecular formula is C17H21N3O4S2. The highest BCUT2D eigenvalue weighted by Crippen LogP contribution is 2.38. The lowest BCUT2D eigenvalue weighted by Gasteiger charge is -2.10. The summed E-state index contributed by atoms with van der Waals surface area (Å²) >= 11 is 2.61. The van der Waals surface area contributed by atoms with Crippen LogP contribution in [0.3, 0.4) is 0 Å². The summed E-state index contributed by atoms with van der Waals surface area (Å²) in [5.74, 6) is -0.190. The number of aliphatic hydroxyl groups is 1. The molecule has 0 aromatic carbocycles. The van der Waals surface area contributed by atoms with Crippen molar-refractivity contribution in [3.63, 3.8) is 0 Å². The second kappa shape index (κ2) is 8.61. The maximum Gasteiger partial charge on any atom is 0.350 e. The van der Waals surface area contributed by atoms with Crippen LogP contribution in [-0.2, 0) is 4.74 Å². The molecule has 1 fully saturated rings. The van der Waals surface area contributed by atoms with Crippen LogP contribution in [0.2, 0.25) is 0 Å². The number of hydrogen-bond acceptors (Lipinski definition) is 7. The molecule has 2 amide bonds. The molecule has 9 heteroatoms. The van der Waals surface area contributed by atoms with Gasteiger partial charge in [-0.1, -0.05) is 24.2 Å². The smallest absolute Gasteiger partial charge is 0.350 e. The van der Waals surface area contributed by atoms with E-state index in [-0.39, 0.29) is 12.5 Å². The summed E-state index contributed by atoms with van der Waals surface area (Å²) in [5.41, 5.74) is 1.48. The van der Waals surface area contributed by atoms with E-state index in [4.69, 9.17) is 4.74 Å². The fourth-order valence-corrected chi connectivity index (χ4v) is 4.69. The summed E-state index contributed by atoms with van der Waals surface area (Å²) in [6.07, 6.45) is 3.46. The van der Waals surface area contributed by atoms with Gasteiger partial charge in [-0.3, -0.25) is 5.32 Å². The number of carbonyl (C=O) groups is 2. The largest absolute Gasteiger partial charge is 0.465 e. The van der Waals surface area contributed by atoms with Crippen LogP contribution in [0.1, 0.15) is 58.6 Å². The number of ether oxygens (including phenoxy) is 1. The Morgan fingerprint density at radius 3 is 2.85 bits per heavy atom. The van der Waals surface area contributed by atoms with E-state index in [1.54, 1.807) is 0 Å². The minimum atomic E-state index is -0.761. The monoisotopic (exact) mass is 395 g/mol. The summed E-state index contributed by atoms with van der Waals surface area (Å²) < 4.78 is 4.85. The molecule has 3 rings (SSSR count). The van der Waals surface area contributed by atoms with Gasteiger partial charge in [-0.25, -0.2) is 14.6 Å². The molecule has 0 aliphatic heterocycles. The Labute approximate surface area is 159 Å². The van der Waals surface area contributed by atoms with Crippen LogP contribution in [-0.4, -0.2) is 35.7 Å². The highest BCUT2D eigenvalue weighted by Gasteiger charge is 2.28. The number of aliphatic hydroxyl groups excluding tert-OH is 1. The molecule has 7 nitrogen and oxygen atoms in total. The van der Waals surface area contributed by atoms with Crippen LogP contribution >= 0.6 is 22.7 Å². The molecule has 140 valence electrons. The van der Waals surface area contributed by atoms with Crippen molar-refractivity contribution in [3.8, 4) is 0 Å². The van der Waals surface area contributed by atoms with Gasteiger partial charge in [-0.15, -0.1) is 0 Å². The van der Waals surface area contributed by atoms with Crippen molar-refractivity contribution in [2.24, 2.45) is 0 Å². The van der Waals surface area contributed by atoms with Crippen molar-refractivity contribution < 1.29 is 19.4 Å². The molecule has 0 saturated heterocycles. The number of carbonyl (C=O) groups excluding carboxylic acids is 2. The second-order valence-corrected chi connectivity index (χ2v) is 7.89. The van der Waals surface area contributed by atoms with Crippen LogP contribution in [0.4, 0.5) is 9.93 Å². The average Bonchev–Trinajstić information content (AvgIpc) is 3.39. The predicted octanol–water partition coefficient (Wildman–Crippen LogP) is 3.50. The van der Waals surface area contributed by atoms with Crippen LogP contribution < -0.4 is 10.6 Å². The zero-order chi connectivity index (χ0) is 18.5. The maximum atomic E-state index is 12.1. The zero-order valence-corrected chi connectivity index (χ0v) is 16.0. The predicted molar refractivity (Wildman–Crippen MR) is 101 cm³/mol. The highest BCUT2D eigenvalue weighted by molar-refractivity contribution is 7.17. The van der Waals surface area contributed by atoms with Crippen molar-refractivity contribution >= 4 is 39.8 Å². The van der Waals surface area contributed by atoms with Gasteiger partial charge in [-0.05, 0) is 35.2 Å². The summed E-state index contributed by atoms with van der Waals surface area (Å²) in [7, 11) is 1.34. The molecule has 1 saturated carbocycles. The number of thiazole rings is 1. The Balaban J connectivity index is 1.63. The number of methoxy groups -OCH3 is 1. The number of amides is 2. The molecular weight excluding hydrogens is 374 g/mol. The van der Waals surface area contributed by atoms with Gasteiger partial charge in [0.05, 0.1) is 18.9 Å².